The van der Waals surface area contributed by atoms with Crippen LogP contribution in [0.5, 0.6) is 0 Å². The van der Waals surface area contributed by atoms with Crippen LogP contribution in [0.3, 0.4) is 0 Å². The first-order chi connectivity index (χ1) is 9.49. The molecule has 1 aromatic carbocycles. The zero-order chi connectivity index (χ0) is 14.7. The molecule has 1 aliphatic rings. The number of halogens is 2. The number of nitrogens with one attached hydrogen (secondary N) is 2. The topological polar surface area (TPSA) is 58.2 Å². The lowest BCUT2D eigenvalue weighted by Gasteiger charge is -2.24. The lowest BCUT2D eigenvalue weighted by Crippen LogP contribution is -2.43. The van der Waals surface area contributed by atoms with Crippen molar-refractivity contribution in [1.82, 2.24) is 10.6 Å². The molecule has 1 heterocycles. The summed E-state index contributed by atoms with van der Waals surface area (Å²) in [7, 11) is 0. The summed E-state index contributed by atoms with van der Waals surface area (Å²) in [5.74, 6) is -2.11. The maximum atomic E-state index is 13.6. The van der Waals surface area contributed by atoms with Gasteiger partial charge in [0, 0.05) is 18.5 Å². The Bertz CT molecular complexity index is 504. The number of piperidine rings is 1. The molecule has 0 aromatic heterocycles. The molecular weight excluding hydrogens is 266 g/mol. The average molecular weight is 282 g/mol. The number of amides is 2. The molecule has 1 saturated heterocycles. The molecule has 2 amide bonds. The number of benzene rings is 1. The van der Waals surface area contributed by atoms with Gasteiger partial charge in [0.1, 0.15) is 11.6 Å². The minimum absolute atomic E-state index is 0.0813. The second kappa shape index (κ2) is 5.98. The largest absolute Gasteiger partial charge is 0.355 e. The van der Waals surface area contributed by atoms with E-state index in [1.54, 1.807) is 0 Å². The maximum absolute atomic E-state index is 13.6. The predicted molar refractivity (Wildman–Crippen MR) is 68.6 cm³/mol. The zero-order valence-corrected chi connectivity index (χ0v) is 11.1. The fourth-order valence-electron chi connectivity index (χ4n) is 2.28. The van der Waals surface area contributed by atoms with E-state index in [2.05, 4.69) is 10.6 Å². The Morgan fingerprint density at radius 1 is 1.40 bits per heavy atom. The molecule has 2 rings (SSSR count). The van der Waals surface area contributed by atoms with E-state index in [1.165, 1.54) is 13.0 Å². The molecule has 20 heavy (non-hydrogen) atoms. The Morgan fingerprint density at radius 2 is 2.05 bits per heavy atom. The normalized spacial score (nSPS) is 20.1. The van der Waals surface area contributed by atoms with Gasteiger partial charge in [-0.15, -0.1) is 0 Å². The van der Waals surface area contributed by atoms with E-state index in [9.17, 15) is 18.4 Å². The van der Waals surface area contributed by atoms with Gasteiger partial charge in [-0.1, -0.05) is 6.07 Å². The van der Waals surface area contributed by atoms with E-state index in [0.717, 1.165) is 12.1 Å². The number of carbonyl (C=O) groups excluding carboxylic acids is 2. The molecule has 108 valence electrons. The molecule has 0 radical (unpaired) electrons. The molecule has 6 heteroatoms. The van der Waals surface area contributed by atoms with Crippen molar-refractivity contribution in [3.8, 4) is 0 Å². The minimum atomic E-state index is -0.763. The van der Waals surface area contributed by atoms with Gasteiger partial charge in [-0.3, -0.25) is 9.59 Å². The van der Waals surface area contributed by atoms with Crippen LogP contribution < -0.4 is 10.6 Å². The summed E-state index contributed by atoms with van der Waals surface area (Å²) in [4.78, 5) is 23.0. The van der Waals surface area contributed by atoms with E-state index >= 15 is 0 Å². The lowest BCUT2D eigenvalue weighted by molar-refractivity contribution is -0.129. The van der Waals surface area contributed by atoms with Crippen molar-refractivity contribution in [3.63, 3.8) is 0 Å². The number of hydrogen-bond acceptors (Lipinski definition) is 2. The molecule has 1 aromatic rings. The number of hydrogen-bond donors (Lipinski definition) is 2. The molecule has 2 unspecified atom stereocenters. The number of rotatable bonds is 3. The van der Waals surface area contributed by atoms with Crippen molar-refractivity contribution < 1.29 is 18.4 Å². The molecule has 2 N–H and O–H groups in total. The van der Waals surface area contributed by atoms with Crippen molar-refractivity contribution in [3.05, 3.63) is 35.4 Å². The van der Waals surface area contributed by atoms with Crippen molar-refractivity contribution >= 4 is 11.8 Å². The maximum Gasteiger partial charge on any atom is 0.225 e. The summed E-state index contributed by atoms with van der Waals surface area (Å²) < 4.78 is 27.2. The van der Waals surface area contributed by atoms with Gasteiger partial charge in [0.05, 0.1) is 12.0 Å². The molecular formula is C14H16F2N2O2. The molecule has 0 spiro atoms. The highest BCUT2D eigenvalue weighted by Crippen LogP contribution is 2.21. The van der Waals surface area contributed by atoms with Gasteiger partial charge in [0.2, 0.25) is 11.8 Å². The van der Waals surface area contributed by atoms with Gasteiger partial charge < -0.3 is 10.6 Å². The highest BCUT2D eigenvalue weighted by molar-refractivity contribution is 5.83. The summed E-state index contributed by atoms with van der Waals surface area (Å²) >= 11 is 0. The van der Waals surface area contributed by atoms with E-state index in [0.29, 0.717) is 12.8 Å². The Balaban J connectivity index is 2.02. The van der Waals surface area contributed by atoms with Crippen LogP contribution in [-0.4, -0.2) is 18.4 Å². The van der Waals surface area contributed by atoms with Gasteiger partial charge in [0.25, 0.3) is 0 Å². The Hall–Kier alpha value is -1.98. The van der Waals surface area contributed by atoms with Crippen LogP contribution in [0.4, 0.5) is 8.78 Å². The third-order valence-corrected chi connectivity index (χ3v) is 3.43. The van der Waals surface area contributed by atoms with Crippen LogP contribution >= 0.6 is 0 Å². The van der Waals surface area contributed by atoms with Crippen molar-refractivity contribution in [2.45, 2.75) is 25.8 Å². The third-order valence-electron chi connectivity index (χ3n) is 3.43. The number of carbonyl (C=O) groups is 2. The molecule has 1 aliphatic heterocycles. The van der Waals surface area contributed by atoms with E-state index < -0.39 is 17.7 Å². The van der Waals surface area contributed by atoms with E-state index in [1.807, 2.05) is 0 Å². The van der Waals surface area contributed by atoms with Crippen LogP contribution in [0.1, 0.15) is 31.4 Å². The standard InChI is InChI=1S/C14H16F2N2O2/c1-8(13-10(15)3-2-4-11(13)16)18-14(20)9-5-6-12(19)17-7-9/h2-4,8-9H,5-7H2,1H3,(H,17,19)(H,18,20). The van der Waals surface area contributed by atoms with Gasteiger partial charge in [0.15, 0.2) is 0 Å². The van der Waals surface area contributed by atoms with Crippen molar-refractivity contribution in [1.29, 1.82) is 0 Å². The molecule has 2 atom stereocenters. The molecule has 4 nitrogen and oxygen atoms in total. The van der Waals surface area contributed by atoms with Crippen molar-refractivity contribution in [2.24, 2.45) is 5.92 Å². The predicted octanol–water partition coefficient (Wildman–Crippen LogP) is 1.67. The molecule has 0 aliphatic carbocycles. The van der Waals surface area contributed by atoms with Crippen LogP contribution in [0.15, 0.2) is 18.2 Å². The third kappa shape index (κ3) is 3.12. The summed E-state index contributed by atoms with van der Waals surface area (Å²) in [6, 6.07) is 2.82. The van der Waals surface area contributed by atoms with Crippen LogP contribution in [0, 0.1) is 17.6 Å². The summed E-state index contributed by atoms with van der Waals surface area (Å²) in [5, 5.41) is 5.19. The lowest BCUT2D eigenvalue weighted by atomic mass is 9.97. The average Bonchev–Trinajstić information content (AvgIpc) is 2.39. The van der Waals surface area contributed by atoms with Gasteiger partial charge in [-0.2, -0.15) is 0 Å². The molecule has 1 fully saturated rings. The fourth-order valence-corrected chi connectivity index (χ4v) is 2.28. The second-order valence-electron chi connectivity index (χ2n) is 4.91. The van der Waals surface area contributed by atoms with Crippen LogP contribution in [-0.2, 0) is 9.59 Å². The first kappa shape index (κ1) is 14.4. The SMILES string of the molecule is CC(NC(=O)C1CCC(=O)NC1)c1c(F)cccc1F. The smallest absolute Gasteiger partial charge is 0.225 e. The van der Waals surface area contributed by atoms with Gasteiger partial charge >= 0.3 is 0 Å². The highest BCUT2D eigenvalue weighted by Gasteiger charge is 2.26. The quantitative estimate of drug-likeness (QED) is 0.886. The Kier molecular flexibility index (Phi) is 4.32. The zero-order valence-electron chi connectivity index (χ0n) is 11.1. The van der Waals surface area contributed by atoms with Crippen molar-refractivity contribution in [2.75, 3.05) is 6.54 Å². The molecule has 0 saturated carbocycles. The fraction of sp³-hybridized carbons (Fsp3) is 0.429. The van der Waals surface area contributed by atoms with Gasteiger partial charge in [-0.05, 0) is 25.5 Å². The minimum Gasteiger partial charge on any atom is -0.355 e. The Labute approximate surface area is 115 Å². The summed E-state index contributed by atoms with van der Waals surface area (Å²) in [6.45, 7) is 1.79. The monoisotopic (exact) mass is 282 g/mol. The first-order valence-corrected chi connectivity index (χ1v) is 6.50. The van der Waals surface area contributed by atoms with Crippen LogP contribution in [0.2, 0.25) is 0 Å². The Morgan fingerprint density at radius 3 is 2.60 bits per heavy atom. The van der Waals surface area contributed by atoms with Gasteiger partial charge in [-0.25, -0.2) is 8.78 Å². The van der Waals surface area contributed by atoms with Crippen LogP contribution in [0.25, 0.3) is 0 Å². The highest BCUT2D eigenvalue weighted by atomic mass is 19.1. The van der Waals surface area contributed by atoms with E-state index in [-0.39, 0.29) is 29.8 Å². The van der Waals surface area contributed by atoms with E-state index in [4.69, 9.17) is 0 Å². The molecule has 0 bridgehead atoms. The summed E-state index contributed by atoms with van der Waals surface area (Å²) in [6.07, 6.45) is 0.741. The first-order valence-electron chi connectivity index (χ1n) is 6.50. The second-order valence-corrected chi connectivity index (χ2v) is 4.91. The summed E-state index contributed by atoms with van der Waals surface area (Å²) in [5.41, 5.74) is -0.152.